The summed E-state index contributed by atoms with van der Waals surface area (Å²) < 4.78 is 5.66. The third-order valence-corrected chi connectivity index (χ3v) is 3.43. The molecule has 0 radical (unpaired) electrons. The third-order valence-electron chi connectivity index (χ3n) is 2.60. The SMILES string of the molecule is CC(O)C(C)OC(CN)c1cccc(Cl)c1Cl. The molecule has 1 aromatic carbocycles. The van der Waals surface area contributed by atoms with Crippen molar-refractivity contribution in [2.75, 3.05) is 6.54 Å². The quantitative estimate of drug-likeness (QED) is 0.870. The van der Waals surface area contributed by atoms with Gasteiger partial charge in [-0.15, -0.1) is 0 Å². The lowest BCUT2D eigenvalue weighted by Gasteiger charge is -2.24. The summed E-state index contributed by atoms with van der Waals surface area (Å²) in [5.41, 5.74) is 6.41. The fourth-order valence-electron chi connectivity index (χ4n) is 1.40. The molecule has 0 bridgehead atoms. The lowest BCUT2D eigenvalue weighted by atomic mass is 10.1. The Hall–Kier alpha value is -0.320. The van der Waals surface area contributed by atoms with Crippen LogP contribution in [-0.2, 0) is 4.74 Å². The number of hydrogen-bond donors (Lipinski definition) is 2. The largest absolute Gasteiger partial charge is 0.391 e. The molecule has 0 saturated carbocycles. The van der Waals surface area contributed by atoms with Crippen LogP contribution < -0.4 is 5.73 Å². The highest BCUT2D eigenvalue weighted by molar-refractivity contribution is 6.42. The second-order valence-corrected chi connectivity index (χ2v) is 4.73. The molecule has 0 amide bonds. The van der Waals surface area contributed by atoms with Crippen molar-refractivity contribution in [2.45, 2.75) is 32.2 Å². The summed E-state index contributed by atoms with van der Waals surface area (Å²) in [5.74, 6) is 0. The predicted molar refractivity (Wildman–Crippen MR) is 70.5 cm³/mol. The maximum absolute atomic E-state index is 9.41. The second-order valence-electron chi connectivity index (χ2n) is 3.95. The number of aliphatic hydroxyl groups is 1. The van der Waals surface area contributed by atoms with Gasteiger partial charge in [0.05, 0.1) is 28.4 Å². The minimum absolute atomic E-state index is 0.275. The van der Waals surface area contributed by atoms with Crippen molar-refractivity contribution in [3.05, 3.63) is 33.8 Å². The Morgan fingerprint density at radius 1 is 1.35 bits per heavy atom. The first kappa shape index (κ1) is 14.7. The van der Waals surface area contributed by atoms with Crippen LogP contribution in [0.2, 0.25) is 10.0 Å². The van der Waals surface area contributed by atoms with Crippen molar-refractivity contribution >= 4 is 23.2 Å². The number of benzene rings is 1. The summed E-state index contributed by atoms with van der Waals surface area (Å²) >= 11 is 12.0. The van der Waals surface area contributed by atoms with Gasteiger partial charge in [-0.2, -0.15) is 0 Å². The fraction of sp³-hybridized carbons (Fsp3) is 0.500. The van der Waals surface area contributed by atoms with Gasteiger partial charge in [-0.1, -0.05) is 35.3 Å². The molecular weight excluding hydrogens is 261 g/mol. The lowest BCUT2D eigenvalue weighted by molar-refractivity contribution is -0.0591. The minimum Gasteiger partial charge on any atom is -0.391 e. The highest BCUT2D eigenvalue weighted by atomic mass is 35.5. The molecule has 3 unspecified atom stereocenters. The molecule has 0 fully saturated rings. The van der Waals surface area contributed by atoms with E-state index in [-0.39, 0.29) is 18.8 Å². The summed E-state index contributed by atoms with van der Waals surface area (Å²) in [5, 5.41) is 10.3. The zero-order chi connectivity index (χ0) is 13.0. The third kappa shape index (κ3) is 3.83. The Morgan fingerprint density at radius 2 is 2.00 bits per heavy atom. The van der Waals surface area contributed by atoms with Gasteiger partial charge in [0.25, 0.3) is 0 Å². The summed E-state index contributed by atoms with van der Waals surface area (Å²) in [6.07, 6.45) is -1.26. The Bertz CT molecular complexity index is 372. The highest BCUT2D eigenvalue weighted by Gasteiger charge is 2.20. The molecule has 0 heterocycles. The molecule has 0 aliphatic rings. The monoisotopic (exact) mass is 277 g/mol. The van der Waals surface area contributed by atoms with E-state index < -0.39 is 6.10 Å². The first-order valence-corrected chi connectivity index (χ1v) is 6.20. The molecule has 0 aliphatic carbocycles. The summed E-state index contributed by atoms with van der Waals surface area (Å²) in [6.45, 7) is 3.72. The van der Waals surface area contributed by atoms with Crippen LogP contribution in [0.15, 0.2) is 18.2 Å². The van der Waals surface area contributed by atoms with Gasteiger partial charge in [0.15, 0.2) is 0 Å². The van der Waals surface area contributed by atoms with E-state index in [2.05, 4.69) is 0 Å². The molecule has 3 atom stereocenters. The van der Waals surface area contributed by atoms with Crippen LogP contribution in [0, 0.1) is 0 Å². The van der Waals surface area contributed by atoms with E-state index in [1.807, 2.05) is 6.07 Å². The number of ether oxygens (including phenoxy) is 1. The van der Waals surface area contributed by atoms with E-state index in [0.717, 1.165) is 5.56 Å². The first-order valence-electron chi connectivity index (χ1n) is 5.44. The minimum atomic E-state index is -0.568. The van der Waals surface area contributed by atoms with E-state index in [1.165, 1.54) is 0 Å². The van der Waals surface area contributed by atoms with E-state index in [1.54, 1.807) is 26.0 Å². The Balaban J connectivity index is 2.90. The van der Waals surface area contributed by atoms with E-state index in [0.29, 0.717) is 10.0 Å². The standard InChI is InChI=1S/C12H17Cl2NO2/c1-7(16)8(2)17-11(6-15)9-4-3-5-10(13)12(9)14/h3-5,7-8,11,16H,6,15H2,1-2H3. The van der Waals surface area contributed by atoms with Crippen LogP contribution >= 0.6 is 23.2 Å². The Morgan fingerprint density at radius 3 is 2.53 bits per heavy atom. The average molecular weight is 278 g/mol. The summed E-state index contributed by atoms with van der Waals surface area (Å²) in [4.78, 5) is 0. The molecular formula is C12H17Cl2NO2. The van der Waals surface area contributed by atoms with Crippen LogP contribution in [0.25, 0.3) is 0 Å². The molecule has 17 heavy (non-hydrogen) atoms. The van der Waals surface area contributed by atoms with Gasteiger partial charge in [0.1, 0.15) is 0 Å². The molecule has 3 N–H and O–H groups in total. The van der Waals surface area contributed by atoms with Crippen molar-refractivity contribution in [3.63, 3.8) is 0 Å². The molecule has 5 heteroatoms. The van der Waals surface area contributed by atoms with Crippen LogP contribution in [0.5, 0.6) is 0 Å². The smallest absolute Gasteiger partial charge is 0.0966 e. The van der Waals surface area contributed by atoms with Crippen molar-refractivity contribution in [3.8, 4) is 0 Å². The number of aliphatic hydroxyl groups excluding tert-OH is 1. The molecule has 0 saturated heterocycles. The average Bonchev–Trinajstić information content (AvgIpc) is 2.29. The van der Waals surface area contributed by atoms with Crippen LogP contribution in [0.4, 0.5) is 0 Å². The van der Waals surface area contributed by atoms with Crippen LogP contribution in [0.1, 0.15) is 25.5 Å². The number of rotatable bonds is 5. The van der Waals surface area contributed by atoms with Gasteiger partial charge in [-0.05, 0) is 19.9 Å². The van der Waals surface area contributed by atoms with Gasteiger partial charge < -0.3 is 15.6 Å². The van der Waals surface area contributed by atoms with Gasteiger partial charge in [-0.25, -0.2) is 0 Å². The van der Waals surface area contributed by atoms with Crippen molar-refractivity contribution in [1.29, 1.82) is 0 Å². The lowest BCUT2D eigenvalue weighted by Crippen LogP contribution is -2.28. The topological polar surface area (TPSA) is 55.5 Å². The van der Waals surface area contributed by atoms with E-state index in [9.17, 15) is 5.11 Å². The molecule has 1 aromatic rings. The summed E-state index contributed by atoms with van der Waals surface area (Å²) in [6, 6.07) is 5.32. The Kier molecular flexibility index (Phi) is 5.70. The first-order chi connectivity index (χ1) is 7.97. The number of nitrogens with two attached hydrogens (primary N) is 1. The maximum atomic E-state index is 9.41. The number of hydrogen-bond acceptors (Lipinski definition) is 3. The zero-order valence-electron chi connectivity index (χ0n) is 9.86. The molecule has 1 rings (SSSR count). The van der Waals surface area contributed by atoms with Crippen LogP contribution in [0.3, 0.4) is 0 Å². The van der Waals surface area contributed by atoms with Gasteiger partial charge in [0.2, 0.25) is 0 Å². The predicted octanol–water partition coefficient (Wildman–Crippen LogP) is 2.78. The molecule has 0 aliphatic heterocycles. The molecule has 3 nitrogen and oxygen atoms in total. The van der Waals surface area contributed by atoms with Crippen LogP contribution in [-0.4, -0.2) is 23.9 Å². The van der Waals surface area contributed by atoms with Gasteiger partial charge >= 0.3 is 0 Å². The molecule has 0 spiro atoms. The molecule has 96 valence electrons. The van der Waals surface area contributed by atoms with Gasteiger partial charge in [0, 0.05) is 12.1 Å². The number of halogens is 2. The maximum Gasteiger partial charge on any atom is 0.0966 e. The van der Waals surface area contributed by atoms with Gasteiger partial charge in [-0.3, -0.25) is 0 Å². The van der Waals surface area contributed by atoms with Crippen molar-refractivity contribution in [2.24, 2.45) is 5.73 Å². The van der Waals surface area contributed by atoms with E-state index >= 15 is 0 Å². The Labute approximate surface area is 111 Å². The highest BCUT2D eigenvalue weighted by Crippen LogP contribution is 2.31. The van der Waals surface area contributed by atoms with Crippen molar-refractivity contribution < 1.29 is 9.84 Å². The fourth-order valence-corrected chi connectivity index (χ4v) is 1.83. The molecule has 0 aromatic heterocycles. The normalized spacial score (nSPS) is 16.6. The van der Waals surface area contributed by atoms with E-state index in [4.69, 9.17) is 33.7 Å². The zero-order valence-corrected chi connectivity index (χ0v) is 11.4. The summed E-state index contributed by atoms with van der Waals surface area (Å²) in [7, 11) is 0. The second kappa shape index (κ2) is 6.57. The van der Waals surface area contributed by atoms with Crippen molar-refractivity contribution in [1.82, 2.24) is 0 Å².